The number of anilines is 2. The number of thiophene rings is 1. The van der Waals surface area contributed by atoms with E-state index in [9.17, 15) is 13.2 Å². The minimum absolute atomic E-state index is 0.139. The summed E-state index contributed by atoms with van der Waals surface area (Å²) < 4.78 is 32.7. The Hall–Kier alpha value is -2.91. The second-order valence-electron chi connectivity index (χ2n) is 6.71. The van der Waals surface area contributed by atoms with Crippen molar-refractivity contribution in [2.75, 3.05) is 16.7 Å². The van der Waals surface area contributed by atoms with E-state index in [4.69, 9.17) is 4.52 Å². The predicted molar refractivity (Wildman–Crippen MR) is 120 cm³/mol. The van der Waals surface area contributed by atoms with Crippen LogP contribution >= 0.6 is 11.3 Å². The van der Waals surface area contributed by atoms with E-state index in [0.717, 1.165) is 21.8 Å². The summed E-state index contributed by atoms with van der Waals surface area (Å²) in [7, 11) is -2.13. The Morgan fingerprint density at radius 3 is 2.53 bits per heavy atom. The quantitative estimate of drug-likeness (QED) is 0.569. The third-order valence-corrected chi connectivity index (χ3v) is 7.79. The lowest BCUT2D eigenvalue weighted by atomic mass is 10.2. The number of nitrogens with zero attached hydrogens (tertiary/aromatic N) is 2. The molecule has 0 saturated carbocycles. The van der Waals surface area contributed by atoms with Gasteiger partial charge >= 0.3 is 0 Å². The maximum Gasteiger partial charge on any atom is 0.273 e. The molecule has 0 radical (unpaired) electrons. The van der Waals surface area contributed by atoms with Crippen molar-refractivity contribution in [3.05, 3.63) is 58.3 Å². The number of rotatable bonds is 7. The molecule has 3 aromatic rings. The van der Waals surface area contributed by atoms with E-state index in [-0.39, 0.29) is 10.1 Å². The van der Waals surface area contributed by atoms with Crippen LogP contribution in [0.2, 0.25) is 0 Å². The van der Waals surface area contributed by atoms with E-state index in [1.54, 1.807) is 50.3 Å². The Labute approximate surface area is 180 Å². The van der Waals surface area contributed by atoms with Crippen molar-refractivity contribution in [2.24, 2.45) is 0 Å². The van der Waals surface area contributed by atoms with E-state index in [2.05, 4.69) is 10.5 Å². The van der Waals surface area contributed by atoms with E-state index >= 15 is 0 Å². The molecule has 0 saturated heterocycles. The molecule has 0 fully saturated rings. The maximum atomic E-state index is 13.0. The molecule has 2 aromatic heterocycles. The lowest BCUT2D eigenvalue weighted by Gasteiger charge is -2.18. The van der Waals surface area contributed by atoms with Gasteiger partial charge in [-0.2, -0.15) is 0 Å². The topological polar surface area (TPSA) is 92.5 Å². The Kier molecular flexibility index (Phi) is 6.42. The highest BCUT2D eigenvalue weighted by molar-refractivity contribution is 7.94. The number of aryl methyl sites for hydroxylation is 2. The first-order valence-electron chi connectivity index (χ1n) is 9.32. The summed E-state index contributed by atoms with van der Waals surface area (Å²) in [5.41, 5.74) is 2.75. The molecule has 9 heteroatoms. The van der Waals surface area contributed by atoms with Crippen molar-refractivity contribution in [3.8, 4) is 0 Å². The van der Waals surface area contributed by atoms with Crippen molar-refractivity contribution in [3.63, 3.8) is 0 Å². The van der Waals surface area contributed by atoms with Crippen LogP contribution in [0.3, 0.4) is 0 Å². The summed E-state index contributed by atoms with van der Waals surface area (Å²) >= 11 is 1.15. The summed E-state index contributed by atoms with van der Waals surface area (Å²) in [5, 5.41) is 6.65. The van der Waals surface area contributed by atoms with Gasteiger partial charge in [0.05, 0.1) is 5.69 Å². The molecule has 1 amide bonds. The third kappa shape index (κ3) is 4.63. The van der Waals surface area contributed by atoms with Crippen LogP contribution in [0.15, 0.2) is 45.1 Å². The average molecular weight is 446 g/mol. The van der Waals surface area contributed by atoms with Crippen LogP contribution in [0.5, 0.6) is 0 Å². The smallest absolute Gasteiger partial charge is 0.273 e. The number of nitrogens with one attached hydrogen (secondary N) is 1. The fraction of sp³-hybridized carbons (Fsp3) is 0.238. The summed E-state index contributed by atoms with van der Waals surface area (Å²) in [6.45, 7) is 5.45. The van der Waals surface area contributed by atoms with Crippen LogP contribution in [-0.4, -0.2) is 26.5 Å². The van der Waals surface area contributed by atoms with Crippen molar-refractivity contribution in [2.45, 2.75) is 31.4 Å². The summed E-state index contributed by atoms with van der Waals surface area (Å²) in [6, 6.07) is 10.6. The van der Waals surface area contributed by atoms with Crippen LogP contribution in [0, 0.1) is 13.8 Å². The van der Waals surface area contributed by atoms with Crippen LogP contribution < -0.4 is 9.62 Å². The second kappa shape index (κ2) is 8.85. The van der Waals surface area contributed by atoms with Crippen LogP contribution in [0.1, 0.15) is 35.2 Å². The summed E-state index contributed by atoms with van der Waals surface area (Å²) in [5.74, 6) is 0.267. The minimum atomic E-state index is -3.67. The molecule has 0 aliphatic rings. The zero-order chi connectivity index (χ0) is 21.9. The lowest BCUT2D eigenvalue weighted by Crippen LogP contribution is -2.25. The molecule has 0 spiro atoms. The molecular formula is C21H23N3O4S2. The number of hydrogen-bond acceptors (Lipinski definition) is 6. The fourth-order valence-corrected chi connectivity index (χ4v) is 5.22. The number of aromatic nitrogens is 1. The van der Waals surface area contributed by atoms with Crippen LogP contribution in [0.4, 0.5) is 11.4 Å². The fourth-order valence-electron chi connectivity index (χ4n) is 2.63. The predicted octanol–water partition coefficient (Wildman–Crippen LogP) is 4.70. The van der Waals surface area contributed by atoms with Crippen molar-refractivity contribution < 1.29 is 17.7 Å². The molecule has 0 atom stereocenters. The van der Waals surface area contributed by atoms with Gasteiger partial charge in [0.1, 0.15) is 15.6 Å². The van der Waals surface area contributed by atoms with Gasteiger partial charge < -0.3 is 9.84 Å². The molecule has 0 aliphatic heterocycles. The molecule has 2 heterocycles. The minimum Gasteiger partial charge on any atom is -0.354 e. The third-order valence-electron chi connectivity index (χ3n) is 4.49. The molecule has 0 aliphatic carbocycles. The number of carbonyl (C=O) groups is 1. The van der Waals surface area contributed by atoms with Crippen molar-refractivity contribution in [1.29, 1.82) is 0 Å². The molecular weight excluding hydrogens is 422 g/mol. The van der Waals surface area contributed by atoms with Gasteiger partial charge in [0.2, 0.25) is 5.91 Å². The number of hydrogen-bond donors (Lipinski definition) is 1. The molecule has 7 nitrogen and oxygen atoms in total. The average Bonchev–Trinajstić information content (AvgIpc) is 3.34. The van der Waals surface area contributed by atoms with Gasteiger partial charge in [0.15, 0.2) is 5.76 Å². The van der Waals surface area contributed by atoms with Crippen LogP contribution in [-0.2, 0) is 14.8 Å². The SMILES string of the molecule is CCC(=O)Nc1c(C)noc1/C=C/c1ccc(S(=O)(=O)N(C)c2ccc(C)cc2)s1. The normalized spacial score (nSPS) is 11.7. The Bertz CT molecular complexity index is 1180. The molecule has 158 valence electrons. The van der Waals surface area contributed by atoms with E-state index in [1.807, 2.05) is 19.1 Å². The second-order valence-corrected chi connectivity index (χ2v) is 10.0. The van der Waals surface area contributed by atoms with Gasteiger partial charge in [-0.15, -0.1) is 11.3 Å². The first-order chi connectivity index (χ1) is 14.2. The number of amides is 1. The van der Waals surface area contributed by atoms with E-state index in [0.29, 0.717) is 29.2 Å². The first-order valence-corrected chi connectivity index (χ1v) is 11.6. The van der Waals surface area contributed by atoms with E-state index < -0.39 is 10.0 Å². The Morgan fingerprint density at radius 2 is 1.87 bits per heavy atom. The molecule has 0 unspecified atom stereocenters. The first kappa shape index (κ1) is 21.8. The molecule has 3 rings (SSSR count). The van der Waals surface area contributed by atoms with Crippen molar-refractivity contribution in [1.82, 2.24) is 5.16 Å². The maximum absolute atomic E-state index is 13.0. The number of sulfonamides is 1. The number of benzene rings is 1. The largest absolute Gasteiger partial charge is 0.354 e. The number of carbonyl (C=O) groups excluding carboxylic acids is 1. The van der Waals surface area contributed by atoms with Crippen molar-refractivity contribution >= 4 is 50.8 Å². The molecule has 0 bridgehead atoms. The molecule has 1 aromatic carbocycles. The molecule has 1 N–H and O–H groups in total. The van der Waals surface area contributed by atoms with Gasteiger partial charge in [0, 0.05) is 18.3 Å². The van der Waals surface area contributed by atoms with Gasteiger partial charge in [0.25, 0.3) is 10.0 Å². The summed E-state index contributed by atoms with van der Waals surface area (Å²) in [6.07, 6.45) is 3.74. The highest BCUT2D eigenvalue weighted by atomic mass is 32.2. The monoisotopic (exact) mass is 445 g/mol. The Balaban J connectivity index is 1.81. The van der Waals surface area contributed by atoms with Gasteiger partial charge in [-0.05, 0) is 50.3 Å². The Morgan fingerprint density at radius 1 is 1.17 bits per heavy atom. The van der Waals surface area contributed by atoms with Crippen LogP contribution in [0.25, 0.3) is 12.2 Å². The lowest BCUT2D eigenvalue weighted by molar-refractivity contribution is -0.115. The highest BCUT2D eigenvalue weighted by Crippen LogP contribution is 2.30. The zero-order valence-corrected chi connectivity index (χ0v) is 18.8. The van der Waals surface area contributed by atoms with Gasteiger partial charge in [-0.25, -0.2) is 8.42 Å². The van der Waals surface area contributed by atoms with Gasteiger partial charge in [-0.1, -0.05) is 29.8 Å². The van der Waals surface area contributed by atoms with Gasteiger partial charge in [-0.3, -0.25) is 9.10 Å². The van der Waals surface area contributed by atoms with E-state index in [1.165, 1.54) is 11.4 Å². The zero-order valence-electron chi connectivity index (χ0n) is 17.2. The summed E-state index contributed by atoms with van der Waals surface area (Å²) in [4.78, 5) is 12.4. The highest BCUT2D eigenvalue weighted by Gasteiger charge is 2.23. The standard InChI is InChI=1S/C21H23N3O4S2/c1-5-19(25)22-21-15(3)23-28-18(21)12-10-17-11-13-20(29-17)30(26,27)24(4)16-8-6-14(2)7-9-16/h6-13H,5H2,1-4H3,(H,22,25)/b12-10+. The molecule has 30 heavy (non-hydrogen) atoms.